The van der Waals surface area contributed by atoms with Crippen LogP contribution in [0.4, 0.5) is 0 Å². The Kier molecular flexibility index (Phi) is 2.51. The smallest absolute Gasteiger partial charge is 0.139 e. The average Bonchev–Trinajstić information content (AvgIpc) is 2.56. The highest BCUT2D eigenvalue weighted by Gasteiger charge is 2.18. The van der Waals surface area contributed by atoms with E-state index in [0.29, 0.717) is 0 Å². The predicted octanol–water partition coefficient (Wildman–Crippen LogP) is 4.09. The van der Waals surface area contributed by atoms with E-state index in [0.717, 1.165) is 22.8 Å². The third kappa shape index (κ3) is 2.18. The van der Waals surface area contributed by atoms with E-state index in [9.17, 15) is 0 Å². The summed E-state index contributed by atoms with van der Waals surface area (Å²) < 4.78 is 5.79. The van der Waals surface area contributed by atoms with E-state index >= 15 is 0 Å². The SMILES string of the molecule is CC(C)(C)Oc1ccc2c(c1Cl)C=CC2. The van der Waals surface area contributed by atoms with Crippen molar-refractivity contribution >= 4 is 17.7 Å². The van der Waals surface area contributed by atoms with Crippen molar-refractivity contribution in [3.05, 3.63) is 34.4 Å². The van der Waals surface area contributed by atoms with Crippen LogP contribution in [0.2, 0.25) is 5.02 Å². The second kappa shape index (κ2) is 3.57. The summed E-state index contributed by atoms with van der Waals surface area (Å²) >= 11 is 6.28. The standard InChI is InChI=1S/C13H15ClO/c1-13(2,3)15-11-8-7-9-5-4-6-10(9)12(11)14/h4,6-8H,5H2,1-3H3. The first-order chi connectivity index (χ1) is 6.97. The van der Waals surface area contributed by atoms with E-state index in [4.69, 9.17) is 16.3 Å². The monoisotopic (exact) mass is 222 g/mol. The summed E-state index contributed by atoms with van der Waals surface area (Å²) in [6.07, 6.45) is 5.16. The molecule has 0 aromatic heterocycles. The van der Waals surface area contributed by atoms with Crippen molar-refractivity contribution in [1.82, 2.24) is 0 Å². The van der Waals surface area contributed by atoms with Crippen LogP contribution in [0.3, 0.4) is 0 Å². The Hall–Kier alpha value is -0.950. The highest BCUT2D eigenvalue weighted by Crippen LogP contribution is 2.36. The van der Waals surface area contributed by atoms with Crippen molar-refractivity contribution in [2.75, 3.05) is 0 Å². The lowest BCUT2D eigenvalue weighted by Crippen LogP contribution is -2.23. The van der Waals surface area contributed by atoms with Crippen LogP contribution in [0.5, 0.6) is 5.75 Å². The summed E-state index contributed by atoms with van der Waals surface area (Å²) in [5.74, 6) is 0.773. The van der Waals surface area contributed by atoms with Crippen LogP contribution in [-0.2, 0) is 6.42 Å². The molecule has 15 heavy (non-hydrogen) atoms. The summed E-state index contributed by atoms with van der Waals surface area (Å²) in [5.41, 5.74) is 2.18. The molecule has 0 saturated heterocycles. The van der Waals surface area contributed by atoms with Gasteiger partial charge in [-0.3, -0.25) is 0 Å². The van der Waals surface area contributed by atoms with E-state index < -0.39 is 0 Å². The van der Waals surface area contributed by atoms with Gasteiger partial charge in [0, 0.05) is 5.56 Å². The molecule has 0 radical (unpaired) electrons. The first-order valence-electron chi connectivity index (χ1n) is 5.14. The van der Waals surface area contributed by atoms with E-state index in [1.165, 1.54) is 5.56 Å². The predicted molar refractivity (Wildman–Crippen MR) is 64.6 cm³/mol. The van der Waals surface area contributed by atoms with Crippen LogP contribution in [-0.4, -0.2) is 5.60 Å². The fourth-order valence-corrected chi connectivity index (χ4v) is 1.97. The van der Waals surface area contributed by atoms with E-state index in [1.807, 2.05) is 26.8 Å². The first kappa shape index (κ1) is 10.6. The molecule has 1 aromatic rings. The maximum atomic E-state index is 6.28. The summed E-state index contributed by atoms with van der Waals surface area (Å²) in [5, 5.41) is 0.733. The van der Waals surface area contributed by atoms with Crippen molar-refractivity contribution in [1.29, 1.82) is 0 Å². The molecule has 1 aromatic carbocycles. The number of rotatable bonds is 1. The van der Waals surface area contributed by atoms with Gasteiger partial charge in [-0.05, 0) is 38.8 Å². The fourth-order valence-electron chi connectivity index (χ4n) is 1.68. The second-order valence-corrected chi connectivity index (χ2v) is 5.15. The Morgan fingerprint density at radius 1 is 1.27 bits per heavy atom. The molecule has 0 N–H and O–H groups in total. The summed E-state index contributed by atoms with van der Waals surface area (Å²) in [7, 11) is 0. The number of fused-ring (bicyclic) bond motifs is 1. The molecule has 0 bridgehead atoms. The minimum atomic E-state index is -0.208. The number of benzene rings is 1. The molecule has 1 nitrogen and oxygen atoms in total. The Labute approximate surface area is 95.7 Å². The van der Waals surface area contributed by atoms with Gasteiger partial charge in [0.05, 0.1) is 5.02 Å². The quantitative estimate of drug-likeness (QED) is 0.696. The minimum Gasteiger partial charge on any atom is -0.487 e. The molecule has 0 spiro atoms. The Bertz CT molecular complexity index is 413. The molecular weight excluding hydrogens is 208 g/mol. The van der Waals surface area contributed by atoms with Crippen LogP contribution < -0.4 is 4.74 Å². The van der Waals surface area contributed by atoms with Crippen molar-refractivity contribution in [3.8, 4) is 5.75 Å². The molecule has 0 atom stereocenters. The number of ether oxygens (including phenoxy) is 1. The zero-order valence-corrected chi connectivity index (χ0v) is 10.1. The maximum Gasteiger partial charge on any atom is 0.139 e. The molecule has 0 amide bonds. The van der Waals surface area contributed by atoms with Crippen molar-refractivity contribution in [3.63, 3.8) is 0 Å². The van der Waals surface area contributed by atoms with Crippen molar-refractivity contribution in [2.24, 2.45) is 0 Å². The van der Waals surface area contributed by atoms with Gasteiger partial charge >= 0.3 is 0 Å². The highest BCUT2D eigenvalue weighted by molar-refractivity contribution is 6.33. The van der Waals surface area contributed by atoms with E-state index in [-0.39, 0.29) is 5.60 Å². The number of hydrogen-bond donors (Lipinski definition) is 0. The summed E-state index contributed by atoms with van der Waals surface area (Å²) in [4.78, 5) is 0. The number of halogens is 1. The molecular formula is C13H15ClO. The number of allylic oxidation sites excluding steroid dienone is 1. The molecule has 80 valence electrons. The molecule has 0 saturated carbocycles. The van der Waals surface area contributed by atoms with Gasteiger partial charge in [0.25, 0.3) is 0 Å². The molecule has 1 aliphatic carbocycles. The maximum absolute atomic E-state index is 6.28. The van der Waals surface area contributed by atoms with Gasteiger partial charge in [-0.25, -0.2) is 0 Å². The number of hydrogen-bond acceptors (Lipinski definition) is 1. The molecule has 2 rings (SSSR count). The minimum absolute atomic E-state index is 0.208. The van der Waals surface area contributed by atoms with Gasteiger partial charge in [0.15, 0.2) is 0 Å². The molecule has 0 heterocycles. The van der Waals surface area contributed by atoms with Gasteiger partial charge < -0.3 is 4.74 Å². The lowest BCUT2D eigenvalue weighted by molar-refractivity contribution is 0.131. The topological polar surface area (TPSA) is 9.23 Å². The van der Waals surface area contributed by atoms with Crippen molar-refractivity contribution < 1.29 is 4.74 Å². The largest absolute Gasteiger partial charge is 0.487 e. The zero-order valence-electron chi connectivity index (χ0n) is 9.30. The first-order valence-corrected chi connectivity index (χ1v) is 5.52. The summed E-state index contributed by atoms with van der Waals surface area (Å²) in [6, 6.07) is 4.04. The third-order valence-electron chi connectivity index (χ3n) is 2.27. The Morgan fingerprint density at radius 2 is 2.00 bits per heavy atom. The van der Waals surface area contributed by atoms with Gasteiger partial charge in [-0.1, -0.05) is 29.8 Å². The van der Waals surface area contributed by atoms with Crippen LogP contribution in [0.1, 0.15) is 31.9 Å². The highest BCUT2D eigenvalue weighted by atomic mass is 35.5. The van der Waals surface area contributed by atoms with Gasteiger partial charge in [-0.2, -0.15) is 0 Å². The lowest BCUT2D eigenvalue weighted by atomic mass is 10.1. The van der Waals surface area contributed by atoms with E-state index in [2.05, 4.69) is 18.2 Å². The fraction of sp³-hybridized carbons (Fsp3) is 0.385. The normalized spacial score (nSPS) is 14.1. The molecule has 0 aliphatic heterocycles. The molecule has 1 aliphatic rings. The Balaban J connectivity index is 2.38. The van der Waals surface area contributed by atoms with Gasteiger partial charge in [-0.15, -0.1) is 0 Å². The van der Waals surface area contributed by atoms with Crippen LogP contribution in [0.15, 0.2) is 18.2 Å². The Morgan fingerprint density at radius 3 is 2.67 bits per heavy atom. The van der Waals surface area contributed by atoms with Gasteiger partial charge in [0.1, 0.15) is 11.4 Å². The van der Waals surface area contributed by atoms with Gasteiger partial charge in [0.2, 0.25) is 0 Å². The lowest BCUT2D eigenvalue weighted by Gasteiger charge is -2.22. The van der Waals surface area contributed by atoms with Crippen LogP contribution >= 0.6 is 11.6 Å². The molecule has 0 unspecified atom stereocenters. The van der Waals surface area contributed by atoms with E-state index in [1.54, 1.807) is 0 Å². The zero-order chi connectivity index (χ0) is 11.1. The van der Waals surface area contributed by atoms with Crippen LogP contribution in [0.25, 0.3) is 6.08 Å². The third-order valence-corrected chi connectivity index (χ3v) is 2.66. The van der Waals surface area contributed by atoms with Crippen molar-refractivity contribution in [2.45, 2.75) is 32.8 Å². The average molecular weight is 223 g/mol. The molecule has 2 heteroatoms. The summed E-state index contributed by atoms with van der Waals surface area (Å²) in [6.45, 7) is 6.06. The second-order valence-electron chi connectivity index (χ2n) is 4.77. The molecule has 0 fully saturated rings. The van der Waals surface area contributed by atoms with Crippen LogP contribution in [0, 0.1) is 0 Å².